The zero-order valence-electron chi connectivity index (χ0n) is 15.6. The number of pyridine rings is 1. The van der Waals surface area contributed by atoms with Crippen LogP contribution in [0.15, 0.2) is 54.9 Å². The first-order valence-corrected chi connectivity index (χ1v) is 9.23. The molecule has 1 aliphatic heterocycles. The number of hydrogen-bond acceptors (Lipinski definition) is 5. The summed E-state index contributed by atoms with van der Waals surface area (Å²) in [7, 11) is 0. The third kappa shape index (κ3) is 3.64. The molecule has 1 N–H and O–H groups in total. The van der Waals surface area contributed by atoms with Crippen LogP contribution in [-0.4, -0.2) is 58.0 Å². The molecule has 4 rings (SSSR count). The zero-order chi connectivity index (χ0) is 19.5. The molecule has 3 heterocycles. The lowest BCUT2D eigenvalue weighted by Crippen LogP contribution is -2.48. The number of ketones is 1. The molecule has 0 aliphatic carbocycles. The smallest absolute Gasteiger partial charge is 0.272 e. The van der Waals surface area contributed by atoms with Crippen LogP contribution in [0.5, 0.6) is 0 Å². The number of carbonyl (C=O) groups is 2. The number of Topliss-reactive ketones (excluding diaryl/α,β-unsaturated/α-hetero) is 1. The molecule has 0 saturated carbocycles. The van der Waals surface area contributed by atoms with Crippen molar-refractivity contribution in [2.45, 2.75) is 6.92 Å². The van der Waals surface area contributed by atoms with Gasteiger partial charge in [-0.1, -0.05) is 0 Å². The van der Waals surface area contributed by atoms with Crippen molar-refractivity contribution in [2.75, 3.05) is 31.1 Å². The van der Waals surface area contributed by atoms with E-state index in [1.165, 1.54) is 0 Å². The Bertz CT molecular complexity index is 974. The topological polar surface area (TPSA) is 82.2 Å². The number of hydrogen-bond donors (Lipinski definition) is 1. The van der Waals surface area contributed by atoms with Crippen LogP contribution in [0, 0.1) is 0 Å². The lowest BCUT2D eigenvalue weighted by atomic mass is 10.1. The Labute approximate surface area is 163 Å². The van der Waals surface area contributed by atoms with Crippen molar-refractivity contribution >= 4 is 17.4 Å². The first kappa shape index (κ1) is 17.9. The molecule has 1 amide bonds. The summed E-state index contributed by atoms with van der Waals surface area (Å²) in [6.07, 6.45) is 3.43. The maximum Gasteiger partial charge on any atom is 0.272 e. The molecule has 1 aromatic carbocycles. The number of benzene rings is 1. The second kappa shape index (κ2) is 7.64. The second-order valence-corrected chi connectivity index (χ2v) is 6.79. The van der Waals surface area contributed by atoms with Gasteiger partial charge in [0.15, 0.2) is 5.78 Å². The van der Waals surface area contributed by atoms with Crippen LogP contribution in [0.1, 0.15) is 27.8 Å². The van der Waals surface area contributed by atoms with Crippen molar-refractivity contribution in [3.63, 3.8) is 0 Å². The van der Waals surface area contributed by atoms with Gasteiger partial charge in [0, 0.05) is 55.4 Å². The monoisotopic (exact) mass is 375 g/mol. The molecule has 1 aliphatic rings. The van der Waals surface area contributed by atoms with E-state index in [4.69, 9.17) is 0 Å². The van der Waals surface area contributed by atoms with Crippen LogP contribution in [0.3, 0.4) is 0 Å². The van der Waals surface area contributed by atoms with Gasteiger partial charge in [-0.15, -0.1) is 0 Å². The van der Waals surface area contributed by atoms with E-state index < -0.39 is 0 Å². The molecule has 1 fully saturated rings. The average molecular weight is 375 g/mol. The number of aromatic nitrogens is 3. The minimum absolute atomic E-state index is 0.0470. The van der Waals surface area contributed by atoms with Crippen molar-refractivity contribution in [3.05, 3.63) is 66.1 Å². The van der Waals surface area contributed by atoms with E-state index in [-0.39, 0.29) is 11.7 Å². The SMILES string of the molecule is CC(=O)c1ccc(N2CCN(C(=O)c3cc(-c4cccnc4)n[nH]3)CC2)cc1. The number of rotatable bonds is 4. The Morgan fingerprint density at radius 2 is 1.79 bits per heavy atom. The molecular formula is C21H21N5O2. The highest BCUT2D eigenvalue weighted by Crippen LogP contribution is 2.20. The number of aromatic amines is 1. The van der Waals surface area contributed by atoms with Gasteiger partial charge in [-0.05, 0) is 49.4 Å². The summed E-state index contributed by atoms with van der Waals surface area (Å²) >= 11 is 0. The largest absolute Gasteiger partial charge is 0.368 e. The predicted octanol–water partition coefficient (Wildman–Crippen LogP) is 2.64. The van der Waals surface area contributed by atoms with Gasteiger partial charge >= 0.3 is 0 Å². The Kier molecular flexibility index (Phi) is 4.89. The van der Waals surface area contributed by atoms with Crippen LogP contribution in [0.25, 0.3) is 11.3 Å². The fraction of sp³-hybridized carbons (Fsp3) is 0.238. The Morgan fingerprint density at radius 3 is 2.43 bits per heavy atom. The van der Waals surface area contributed by atoms with Gasteiger partial charge < -0.3 is 9.80 Å². The molecule has 0 atom stereocenters. The minimum atomic E-state index is -0.0470. The normalized spacial score (nSPS) is 14.2. The van der Waals surface area contributed by atoms with Crippen molar-refractivity contribution in [3.8, 4) is 11.3 Å². The van der Waals surface area contributed by atoms with Gasteiger partial charge in [0.25, 0.3) is 5.91 Å². The lowest BCUT2D eigenvalue weighted by Gasteiger charge is -2.36. The van der Waals surface area contributed by atoms with Gasteiger partial charge in [-0.2, -0.15) is 5.10 Å². The fourth-order valence-corrected chi connectivity index (χ4v) is 3.34. The van der Waals surface area contributed by atoms with E-state index in [1.807, 2.05) is 41.3 Å². The maximum atomic E-state index is 12.8. The Hall–Kier alpha value is -3.48. The summed E-state index contributed by atoms with van der Waals surface area (Å²) in [5.74, 6) is 0.0152. The van der Waals surface area contributed by atoms with Crippen LogP contribution in [0.2, 0.25) is 0 Å². The molecule has 3 aromatic rings. The summed E-state index contributed by atoms with van der Waals surface area (Å²) < 4.78 is 0. The summed E-state index contributed by atoms with van der Waals surface area (Å²) in [4.78, 5) is 32.3. The quantitative estimate of drug-likeness (QED) is 0.709. The van der Waals surface area contributed by atoms with Crippen LogP contribution >= 0.6 is 0 Å². The summed E-state index contributed by atoms with van der Waals surface area (Å²) in [5.41, 5.74) is 3.84. The van der Waals surface area contributed by atoms with Crippen molar-refractivity contribution in [2.24, 2.45) is 0 Å². The summed E-state index contributed by atoms with van der Waals surface area (Å²) in [6.45, 7) is 4.32. The number of anilines is 1. The number of H-pyrrole nitrogens is 1. The Morgan fingerprint density at radius 1 is 1.04 bits per heavy atom. The molecule has 0 radical (unpaired) electrons. The third-order valence-electron chi connectivity index (χ3n) is 4.97. The standard InChI is InChI=1S/C21H21N5O2/c1-15(27)16-4-6-18(7-5-16)25-9-11-26(12-10-25)21(28)20-13-19(23-24-20)17-3-2-8-22-14-17/h2-8,13-14H,9-12H2,1H3,(H,23,24). The molecule has 7 heteroatoms. The number of piperazine rings is 1. The number of nitrogens with zero attached hydrogens (tertiary/aromatic N) is 4. The van der Waals surface area contributed by atoms with E-state index in [0.29, 0.717) is 30.0 Å². The highest BCUT2D eigenvalue weighted by atomic mass is 16.2. The molecule has 1 saturated heterocycles. The van der Waals surface area contributed by atoms with Gasteiger partial charge in [-0.25, -0.2) is 0 Å². The highest BCUT2D eigenvalue weighted by Gasteiger charge is 2.24. The fourth-order valence-electron chi connectivity index (χ4n) is 3.34. The highest BCUT2D eigenvalue weighted by molar-refractivity contribution is 5.94. The minimum Gasteiger partial charge on any atom is -0.368 e. The van der Waals surface area contributed by atoms with E-state index in [0.717, 1.165) is 24.3 Å². The van der Waals surface area contributed by atoms with Gasteiger partial charge in [0.1, 0.15) is 5.69 Å². The van der Waals surface area contributed by atoms with Crippen molar-refractivity contribution < 1.29 is 9.59 Å². The van der Waals surface area contributed by atoms with Gasteiger partial charge in [0.05, 0.1) is 5.69 Å². The maximum absolute atomic E-state index is 12.8. The lowest BCUT2D eigenvalue weighted by molar-refractivity contribution is 0.0740. The molecule has 28 heavy (non-hydrogen) atoms. The number of carbonyl (C=O) groups excluding carboxylic acids is 2. The molecule has 0 unspecified atom stereocenters. The zero-order valence-corrected chi connectivity index (χ0v) is 15.6. The van der Waals surface area contributed by atoms with Gasteiger partial charge in [-0.3, -0.25) is 19.7 Å². The van der Waals surface area contributed by atoms with Gasteiger partial charge in [0.2, 0.25) is 0 Å². The van der Waals surface area contributed by atoms with Crippen molar-refractivity contribution in [1.29, 1.82) is 0 Å². The molecule has 7 nitrogen and oxygen atoms in total. The predicted molar refractivity (Wildman–Crippen MR) is 106 cm³/mol. The molecular weight excluding hydrogens is 354 g/mol. The number of amides is 1. The Balaban J connectivity index is 1.39. The van der Waals surface area contributed by atoms with Crippen LogP contribution in [0.4, 0.5) is 5.69 Å². The van der Waals surface area contributed by atoms with Crippen LogP contribution in [-0.2, 0) is 0 Å². The third-order valence-corrected chi connectivity index (χ3v) is 4.97. The second-order valence-electron chi connectivity index (χ2n) is 6.79. The molecule has 2 aromatic heterocycles. The number of nitrogens with one attached hydrogen (secondary N) is 1. The van der Waals surface area contributed by atoms with Crippen molar-refractivity contribution in [1.82, 2.24) is 20.1 Å². The van der Waals surface area contributed by atoms with E-state index in [2.05, 4.69) is 20.1 Å². The first-order chi connectivity index (χ1) is 13.6. The van der Waals surface area contributed by atoms with E-state index in [1.54, 1.807) is 25.4 Å². The summed E-state index contributed by atoms with van der Waals surface area (Å²) in [5, 5.41) is 7.08. The van der Waals surface area contributed by atoms with E-state index >= 15 is 0 Å². The average Bonchev–Trinajstić information content (AvgIpc) is 3.24. The molecule has 142 valence electrons. The van der Waals surface area contributed by atoms with Crippen LogP contribution < -0.4 is 4.90 Å². The molecule has 0 bridgehead atoms. The summed E-state index contributed by atoms with van der Waals surface area (Å²) in [6, 6.07) is 13.1. The first-order valence-electron chi connectivity index (χ1n) is 9.23. The molecule has 0 spiro atoms. The van der Waals surface area contributed by atoms with E-state index in [9.17, 15) is 9.59 Å².